The first-order valence-electron chi connectivity index (χ1n) is 10.7. The van der Waals surface area contributed by atoms with Crippen LogP contribution in [0.2, 0.25) is 0 Å². The van der Waals surface area contributed by atoms with Gasteiger partial charge in [-0.15, -0.1) is 6.58 Å². The Morgan fingerprint density at radius 2 is 1.66 bits per heavy atom. The van der Waals surface area contributed by atoms with Crippen molar-refractivity contribution in [1.82, 2.24) is 14.9 Å². The average Bonchev–Trinajstić information content (AvgIpc) is 2.77. The second-order valence-electron chi connectivity index (χ2n) is 8.18. The molecule has 1 aliphatic carbocycles. The monoisotopic (exact) mass is 419 g/mol. The third-order valence-corrected chi connectivity index (χ3v) is 7.67. The van der Waals surface area contributed by atoms with E-state index in [1.165, 1.54) is 56.7 Å². The quantitative estimate of drug-likeness (QED) is 0.635. The average molecular weight is 420 g/mol. The molecule has 1 saturated heterocycles. The van der Waals surface area contributed by atoms with Crippen molar-refractivity contribution in [3.8, 4) is 0 Å². The summed E-state index contributed by atoms with van der Waals surface area (Å²) in [6.07, 6.45) is 11.3. The van der Waals surface area contributed by atoms with Gasteiger partial charge in [-0.2, -0.15) is 0 Å². The van der Waals surface area contributed by atoms with E-state index in [9.17, 15) is 13.2 Å². The van der Waals surface area contributed by atoms with E-state index in [1.807, 2.05) is 0 Å². The summed E-state index contributed by atoms with van der Waals surface area (Å²) < 4.78 is 26.7. The molecular formula is C22H33N3O3S. The highest BCUT2D eigenvalue weighted by Crippen LogP contribution is 2.35. The van der Waals surface area contributed by atoms with Crippen molar-refractivity contribution in [3.05, 3.63) is 42.5 Å². The number of rotatable bonds is 8. The summed E-state index contributed by atoms with van der Waals surface area (Å²) in [7, 11) is -3.58. The van der Waals surface area contributed by atoms with Gasteiger partial charge in [-0.3, -0.25) is 9.69 Å². The number of likely N-dealkylation sites (tertiary alicyclic amines) is 1. The summed E-state index contributed by atoms with van der Waals surface area (Å²) in [5, 5.41) is 3.14. The van der Waals surface area contributed by atoms with Crippen molar-refractivity contribution in [3.63, 3.8) is 0 Å². The number of sulfonamides is 1. The number of piperidine rings is 1. The maximum Gasteiger partial charge on any atom is 0.251 e. The van der Waals surface area contributed by atoms with Crippen LogP contribution in [0.1, 0.15) is 61.7 Å². The van der Waals surface area contributed by atoms with Crippen LogP contribution >= 0.6 is 0 Å². The maximum absolute atomic E-state index is 12.7. The molecule has 3 rings (SSSR count). The standard InChI is InChI=1S/C22H33N3O3S/c1-2-15-24-29(27,28)20-11-9-19(10-12-20)21(26)23-18-22(13-5-3-6-14-22)25-16-7-4-8-17-25/h2,9-12,24H,1,3-8,13-18H2,(H,23,26). The molecule has 1 aromatic carbocycles. The lowest BCUT2D eigenvalue weighted by Gasteiger charge is -2.48. The van der Waals surface area contributed by atoms with E-state index in [1.54, 1.807) is 12.1 Å². The molecule has 1 aliphatic heterocycles. The Morgan fingerprint density at radius 3 is 2.28 bits per heavy atom. The van der Waals surface area contributed by atoms with E-state index in [4.69, 9.17) is 0 Å². The summed E-state index contributed by atoms with van der Waals surface area (Å²) in [4.78, 5) is 15.5. The van der Waals surface area contributed by atoms with Crippen LogP contribution in [0.15, 0.2) is 41.8 Å². The van der Waals surface area contributed by atoms with Crippen molar-refractivity contribution >= 4 is 15.9 Å². The summed E-state index contributed by atoms with van der Waals surface area (Å²) in [5.74, 6) is -0.144. The van der Waals surface area contributed by atoms with Gasteiger partial charge in [-0.05, 0) is 63.0 Å². The Kier molecular flexibility index (Phi) is 7.49. The molecular weight excluding hydrogens is 386 g/mol. The van der Waals surface area contributed by atoms with Crippen LogP contribution in [-0.4, -0.2) is 50.9 Å². The first-order valence-corrected chi connectivity index (χ1v) is 12.2. The van der Waals surface area contributed by atoms with Crippen molar-refractivity contribution in [2.45, 2.75) is 61.8 Å². The van der Waals surface area contributed by atoms with E-state index in [-0.39, 0.29) is 22.9 Å². The third kappa shape index (κ3) is 5.47. The van der Waals surface area contributed by atoms with Gasteiger partial charge in [0.1, 0.15) is 0 Å². The van der Waals surface area contributed by atoms with Crippen LogP contribution in [-0.2, 0) is 10.0 Å². The number of hydrogen-bond acceptors (Lipinski definition) is 4. The van der Waals surface area contributed by atoms with Crippen LogP contribution in [0.25, 0.3) is 0 Å². The lowest BCUT2D eigenvalue weighted by atomic mass is 9.79. The third-order valence-electron chi connectivity index (χ3n) is 6.23. The number of carbonyl (C=O) groups excluding carboxylic acids is 1. The lowest BCUT2D eigenvalue weighted by molar-refractivity contribution is 0.0326. The smallest absolute Gasteiger partial charge is 0.251 e. The van der Waals surface area contributed by atoms with E-state index in [2.05, 4.69) is 21.5 Å². The van der Waals surface area contributed by atoms with Gasteiger partial charge in [0.05, 0.1) is 4.90 Å². The topological polar surface area (TPSA) is 78.5 Å². The van der Waals surface area contributed by atoms with Crippen molar-refractivity contribution < 1.29 is 13.2 Å². The van der Waals surface area contributed by atoms with Crippen molar-refractivity contribution in [1.29, 1.82) is 0 Å². The fourth-order valence-corrected chi connectivity index (χ4v) is 5.57. The van der Waals surface area contributed by atoms with Crippen LogP contribution < -0.4 is 10.0 Å². The number of amides is 1. The maximum atomic E-state index is 12.7. The zero-order valence-electron chi connectivity index (χ0n) is 17.2. The van der Waals surface area contributed by atoms with Gasteiger partial charge in [0.2, 0.25) is 10.0 Å². The predicted molar refractivity (Wildman–Crippen MR) is 115 cm³/mol. The van der Waals surface area contributed by atoms with Crippen LogP contribution in [0.5, 0.6) is 0 Å². The Labute approximate surface area is 174 Å². The molecule has 0 aromatic heterocycles. The number of carbonyl (C=O) groups is 1. The Morgan fingerprint density at radius 1 is 1.03 bits per heavy atom. The van der Waals surface area contributed by atoms with Gasteiger partial charge in [0.15, 0.2) is 0 Å². The second-order valence-corrected chi connectivity index (χ2v) is 9.95. The lowest BCUT2D eigenvalue weighted by Crippen LogP contribution is -2.58. The normalized spacial score (nSPS) is 20.1. The van der Waals surface area contributed by atoms with Crippen LogP contribution in [0.4, 0.5) is 0 Å². The molecule has 6 nitrogen and oxygen atoms in total. The fourth-order valence-electron chi connectivity index (χ4n) is 4.57. The molecule has 29 heavy (non-hydrogen) atoms. The van der Waals surface area contributed by atoms with Crippen molar-refractivity contribution in [2.24, 2.45) is 0 Å². The summed E-state index contributed by atoms with van der Waals surface area (Å²) >= 11 is 0. The molecule has 0 unspecified atom stereocenters. The molecule has 7 heteroatoms. The molecule has 0 spiro atoms. The Bertz CT molecular complexity index is 793. The summed E-state index contributed by atoms with van der Waals surface area (Å²) in [6.45, 7) is 6.59. The Balaban J connectivity index is 1.65. The second kappa shape index (κ2) is 9.87. The van der Waals surface area contributed by atoms with Gasteiger partial charge in [-0.25, -0.2) is 13.1 Å². The number of hydrogen-bond donors (Lipinski definition) is 2. The van der Waals surface area contributed by atoms with Gasteiger partial charge in [0, 0.05) is 24.2 Å². The minimum Gasteiger partial charge on any atom is -0.350 e. The van der Waals surface area contributed by atoms with E-state index in [0.717, 1.165) is 25.9 Å². The van der Waals surface area contributed by atoms with Crippen LogP contribution in [0.3, 0.4) is 0 Å². The molecule has 2 N–H and O–H groups in total. The van der Waals surface area contributed by atoms with Gasteiger partial charge >= 0.3 is 0 Å². The molecule has 1 heterocycles. The minimum absolute atomic E-state index is 0.0756. The van der Waals surface area contributed by atoms with Crippen LogP contribution in [0, 0.1) is 0 Å². The largest absolute Gasteiger partial charge is 0.350 e. The Hall–Kier alpha value is -1.70. The molecule has 2 fully saturated rings. The molecule has 0 bridgehead atoms. The van der Waals surface area contributed by atoms with E-state index >= 15 is 0 Å². The fraction of sp³-hybridized carbons (Fsp3) is 0.591. The molecule has 160 valence electrons. The molecule has 0 radical (unpaired) electrons. The van der Waals surface area contributed by atoms with Gasteiger partial charge in [0.25, 0.3) is 5.91 Å². The highest BCUT2D eigenvalue weighted by atomic mass is 32.2. The molecule has 2 aliphatic rings. The zero-order chi connectivity index (χ0) is 20.7. The number of nitrogens with zero attached hydrogens (tertiary/aromatic N) is 1. The highest BCUT2D eigenvalue weighted by molar-refractivity contribution is 7.89. The first-order chi connectivity index (χ1) is 14.0. The predicted octanol–water partition coefficient (Wildman–Crippen LogP) is 3.07. The van der Waals surface area contributed by atoms with E-state index in [0.29, 0.717) is 12.1 Å². The molecule has 1 amide bonds. The minimum atomic E-state index is -3.58. The van der Waals surface area contributed by atoms with E-state index < -0.39 is 10.0 Å². The molecule has 0 atom stereocenters. The molecule has 1 aromatic rings. The van der Waals surface area contributed by atoms with Gasteiger partial charge in [-0.1, -0.05) is 31.8 Å². The SMILES string of the molecule is C=CCNS(=O)(=O)c1ccc(C(=O)NCC2(N3CCCCC3)CCCCC2)cc1. The van der Waals surface area contributed by atoms with Gasteiger partial charge < -0.3 is 5.32 Å². The first kappa shape index (κ1) is 22.0. The summed E-state index contributed by atoms with van der Waals surface area (Å²) in [6, 6.07) is 6.10. The number of nitrogens with one attached hydrogen (secondary N) is 2. The van der Waals surface area contributed by atoms with Crippen molar-refractivity contribution in [2.75, 3.05) is 26.2 Å². The zero-order valence-corrected chi connectivity index (χ0v) is 18.0. The summed E-state index contributed by atoms with van der Waals surface area (Å²) in [5.41, 5.74) is 0.559. The highest BCUT2D eigenvalue weighted by Gasteiger charge is 2.38. The number of benzene rings is 1. The molecule has 1 saturated carbocycles.